The summed E-state index contributed by atoms with van der Waals surface area (Å²) >= 11 is 11.9. The Morgan fingerprint density at radius 2 is 1.07 bits per heavy atom. The number of nitrogen functional groups attached to an aromatic ring is 1. The van der Waals surface area contributed by atoms with Crippen LogP contribution in [0.4, 0.5) is 11.4 Å². The van der Waals surface area contributed by atoms with E-state index < -0.39 is 20.0 Å². The zero-order chi connectivity index (χ0) is 20.5. The molecule has 0 aliphatic heterocycles. The summed E-state index contributed by atoms with van der Waals surface area (Å²) in [6.45, 7) is 0. The van der Waals surface area contributed by atoms with Crippen LogP contribution in [-0.2, 0) is 20.0 Å². The predicted octanol–water partition coefficient (Wildman–Crippen LogP) is 4.16. The van der Waals surface area contributed by atoms with Gasteiger partial charge in [0.15, 0.2) is 0 Å². The molecule has 6 nitrogen and oxygen atoms in total. The number of sulfonamides is 2. The number of nitrogens with zero attached hydrogens (tertiary/aromatic N) is 1. The first-order valence-electron chi connectivity index (χ1n) is 7.81. The van der Waals surface area contributed by atoms with E-state index in [-0.39, 0.29) is 34.9 Å². The van der Waals surface area contributed by atoms with Crippen molar-refractivity contribution in [2.45, 2.75) is 9.79 Å². The Labute approximate surface area is 173 Å². The molecule has 2 N–H and O–H groups in total. The SMILES string of the molecule is Nc1cc(Cl)c(Cl)cc1N(S(=O)(=O)c1ccccc1)S(=O)(=O)c1ccccc1. The molecule has 0 aliphatic carbocycles. The second-order valence-corrected chi connectivity index (χ2v) is 10.3. The fraction of sp³-hybridized carbons (Fsp3) is 0. The van der Waals surface area contributed by atoms with Crippen molar-refractivity contribution in [1.29, 1.82) is 0 Å². The van der Waals surface area contributed by atoms with E-state index in [1.165, 1.54) is 54.6 Å². The van der Waals surface area contributed by atoms with Crippen LogP contribution in [0.15, 0.2) is 82.6 Å². The number of rotatable bonds is 5. The number of hydrogen-bond donors (Lipinski definition) is 1. The first kappa shape index (κ1) is 20.5. The summed E-state index contributed by atoms with van der Waals surface area (Å²) in [5.74, 6) is 0. The molecule has 3 aromatic carbocycles. The fourth-order valence-electron chi connectivity index (χ4n) is 2.47. The quantitative estimate of drug-likeness (QED) is 0.581. The highest BCUT2D eigenvalue weighted by molar-refractivity contribution is 8.10. The normalized spacial score (nSPS) is 11.9. The molecule has 3 rings (SSSR count). The van der Waals surface area contributed by atoms with Crippen LogP contribution in [0, 0.1) is 0 Å². The van der Waals surface area contributed by atoms with Gasteiger partial charge in [0, 0.05) is 0 Å². The van der Waals surface area contributed by atoms with E-state index in [1.807, 2.05) is 0 Å². The van der Waals surface area contributed by atoms with Crippen molar-refractivity contribution in [1.82, 2.24) is 0 Å². The highest BCUT2D eigenvalue weighted by atomic mass is 35.5. The molecular weight excluding hydrogens is 443 g/mol. The van der Waals surface area contributed by atoms with E-state index >= 15 is 0 Å². The lowest BCUT2D eigenvalue weighted by molar-refractivity contribution is 0.584. The average molecular weight is 457 g/mol. The Morgan fingerprint density at radius 3 is 1.50 bits per heavy atom. The first-order chi connectivity index (χ1) is 13.2. The number of nitrogens with two attached hydrogens (primary N) is 1. The third kappa shape index (κ3) is 3.68. The van der Waals surface area contributed by atoms with Crippen molar-refractivity contribution in [3.8, 4) is 0 Å². The number of hydrogen-bond acceptors (Lipinski definition) is 5. The molecule has 0 fully saturated rings. The highest BCUT2D eigenvalue weighted by Crippen LogP contribution is 2.38. The van der Waals surface area contributed by atoms with E-state index in [0.29, 0.717) is 0 Å². The molecule has 0 amide bonds. The van der Waals surface area contributed by atoms with E-state index in [4.69, 9.17) is 28.9 Å². The topological polar surface area (TPSA) is 97.5 Å². The zero-order valence-electron chi connectivity index (χ0n) is 14.2. The van der Waals surface area contributed by atoms with Crippen LogP contribution >= 0.6 is 23.2 Å². The maximum Gasteiger partial charge on any atom is 0.277 e. The maximum atomic E-state index is 13.3. The zero-order valence-corrected chi connectivity index (χ0v) is 17.3. The third-order valence-corrected chi connectivity index (χ3v) is 8.69. The van der Waals surface area contributed by atoms with Crippen molar-refractivity contribution < 1.29 is 16.8 Å². The second-order valence-electron chi connectivity index (χ2n) is 5.66. The van der Waals surface area contributed by atoms with Crippen molar-refractivity contribution in [2.24, 2.45) is 0 Å². The van der Waals surface area contributed by atoms with Gasteiger partial charge in [0.2, 0.25) is 0 Å². The maximum absolute atomic E-state index is 13.3. The van der Waals surface area contributed by atoms with Crippen LogP contribution in [0.25, 0.3) is 0 Å². The number of halogens is 2. The van der Waals surface area contributed by atoms with Gasteiger partial charge in [-0.05, 0) is 36.4 Å². The Hall–Kier alpha value is -2.26. The summed E-state index contributed by atoms with van der Waals surface area (Å²) in [5.41, 5.74) is 5.45. The van der Waals surface area contributed by atoms with Gasteiger partial charge in [0.05, 0.1) is 31.2 Å². The standard InChI is InChI=1S/C18H14Cl2N2O4S2/c19-15-11-17(21)18(12-16(15)20)22(27(23,24)13-7-3-1-4-8-13)28(25,26)14-9-5-2-6-10-14/h1-12H,21H2. The molecule has 0 radical (unpaired) electrons. The van der Waals surface area contributed by atoms with Crippen molar-refractivity contribution in [3.63, 3.8) is 0 Å². The summed E-state index contributed by atoms with van der Waals surface area (Å²) in [6.07, 6.45) is 0. The molecule has 0 saturated heterocycles. The fourth-order valence-corrected chi connectivity index (χ4v) is 6.57. The van der Waals surface area contributed by atoms with E-state index in [1.54, 1.807) is 12.1 Å². The molecule has 0 saturated carbocycles. The lowest BCUT2D eigenvalue weighted by Gasteiger charge is -2.25. The van der Waals surface area contributed by atoms with Gasteiger partial charge in [-0.2, -0.15) is 3.71 Å². The largest absolute Gasteiger partial charge is 0.397 e. The Kier molecular flexibility index (Phi) is 5.58. The van der Waals surface area contributed by atoms with Gasteiger partial charge in [-0.3, -0.25) is 0 Å². The van der Waals surface area contributed by atoms with Crippen LogP contribution in [-0.4, -0.2) is 16.8 Å². The Morgan fingerprint density at radius 1 is 0.679 bits per heavy atom. The van der Waals surface area contributed by atoms with Crippen LogP contribution < -0.4 is 9.44 Å². The Balaban J connectivity index is 2.35. The summed E-state index contributed by atoms with van der Waals surface area (Å²) < 4.78 is 53.5. The molecular formula is C18H14Cl2N2O4S2. The molecule has 0 bridgehead atoms. The molecule has 0 aromatic heterocycles. The molecule has 0 spiro atoms. The van der Waals surface area contributed by atoms with Gasteiger partial charge in [-0.25, -0.2) is 16.8 Å². The van der Waals surface area contributed by atoms with E-state index in [0.717, 1.165) is 6.07 Å². The molecule has 0 aliphatic rings. The van der Waals surface area contributed by atoms with Gasteiger partial charge in [0.25, 0.3) is 20.0 Å². The second kappa shape index (κ2) is 7.63. The lowest BCUT2D eigenvalue weighted by atomic mass is 10.3. The van der Waals surface area contributed by atoms with Crippen LogP contribution in [0.2, 0.25) is 10.0 Å². The van der Waals surface area contributed by atoms with Crippen LogP contribution in [0.1, 0.15) is 0 Å². The van der Waals surface area contributed by atoms with Crippen molar-refractivity contribution in [3.05, 3.63) is 82.8 Å². The summed E-state index contributed by atoms with van der Waals surface area (Å²) in [5, 5.41) is 0.0273. The highest BCUT2D eigenvalue weighted by Gasteiger charge is 2.38. The average Bonchev–Trinajstić information content (AvgIpc) is 2.67. The van der Waals surface area contributed by atoms with Crippen molar-refractivity contribution >= 4 is 54.6 Å². The van der Waals surface area contributed by atoms with E-state index in [2.05, 4.69) is 0 Å². The molecule has 10 heteroatoms. The third-order valence-electron chi connectivity index (χ3n) is 3.79. The summed E-state index contributed by atoms with van der Waals surface area (Å²) in [4.78, 5) is -0.444. The number of benzene rings is 3. The first-order valence-corrected chi connectivity index (χ1v) is 11.4. The van der Waals surface area contributed by atoms with Gasteiger partial charge in [-0.1, -0.05) is 59.6 Å². The molecule has 0 atom stereocenters. The lowest BCUT2D eigenvalue weighted by Crippen LogP contribution is -2.37. The molecule has 146 valence electrons. The smallest absolute Gasteiger partial charge is 0.277 e. The minimum absolute atomic E-state index is 0.0395. The molecule has 0 unspecified atom stereocenters. The van der Waals surface area contributed by atoms with Crippen molar-refractivity contribution in [2.75, 3.05) is 9.44 Å². The summed E-state index contributed by atoms with van der Waals surface area (Å²) in [6, 6.07) is 16.6. The number of anilines is 2. The van der Waals surface area contributed by atoms with Gasteiger partial charge < -0.3 is 5.73 Å². The predicted molar refractivity (Wildman–Crippen MR) is 111 cm³/mol. The van der Waals surface area contributed by atoms with Gasteiger partial charge >= 0.3 is 0 Å². The minimum Gasteiger partial charge on any atom is -0.397 e. The van der Waals surface area contributed by atoms with Gasteiger partial charge in [-0.15, -0.1) is 0 Å². The van der Waals surface area contributed by atoms with Crippen LogP contribution in [0.5, 0.6) is 0 Å². The van der Waals surface area contributed by atoms with Gasteiger partial charge in [0.1, 0.15) is 0 Å². The molecule has 3 aromatic rings. The molecule has 28 heavy (non-hydrogen) atoms. The summed E-state index contributed by atoms with van der Waals surface area (Å²) in [7, 11) is -9.10. The Bertz CT molecular complexity index is 1150. The monoisotopic (exact) mass is 456 g/mol. The minimum atomic E-state index is -4.55. The van der Waals surface area contributed by atoms with Crippen LogP contribution in [0.3, 0.4) is 0 Å². The molecule has 0 heterocycles. The van der Waals surface area contributed by atoms with E-state index in [9.17, 15) is 16.8 Å².